The van der Waals surface area contributed by atoms with Crippen molar-refractivity contribution in [2.24, 2.45) is 0 Å². The van der Waals surface area contributed by atoms with Crippen LogP contribution in [-0.2, 0) is 9.53 Å². The number of hydrogen-bond donors (Lipinski definition) is 2. The van der Waals surface area contributed by atoms with Gasteiger partial charge in [0, 0.05) is 13.1 Å². The molecule has 0 saturated carbocycles. The molecule has 1 amide bonds. The standard InChI is InChI=1S/C16H22ClNO5/c1-15(2,3)23-14(21)16(4,5)22-12-8-11(19)9(7-10(12)17)13(20)18-6/h7-8,19H,1-6H3,(H,18,20). The molecule has 0 spiro atoms. The first kappa shape index (κ1) is 19.1. The van der Waals surface area contributed by atoms with E-state index in [1.54, 1.807) is 20.8 Å². The Morgan fingerprint density at radius 3 is 2.22 bits per heavy atom. The predicted molar refractivity (Wildman–Crippen MR) is 87.1 cm³/mol. The minimum Gasteiger partial charge on any atom is -0.507 e. The molecule has 1 rings (SSSR count). The van der Waals surface area contributed by atoms with Crippen LogP contribution in [0, 0.1) is 0 Å². The average Bonchev–Trinajstić information content (AvgIpc) is 2.39. The second-order valence-electron chi connectivity index (χ2n) is 6.49. The highest BCUT2D eigenvalue weighted by atomic mass is 35.5. The summed E-state index contributed by atoms with van der Waals surface area (Å²) in [6.45, 7) is 8.30. The maximum Gasteiger partial charge on any atom is 0.350 e. The largest absolute Gasteiger partial charge is 0.507 e. The molecule has 0 aromatic heterocycles. The first-order valence-electron chi connectivity index (χ1n) is 7.04. The molecule has 0 radical (unpaired) electrons. The number of hydrogen-bond acceptors (Lipinski definition) is 5. The molecule has 23 heavy (non-hydrogen) atoms. The maximum atomic E-state index is 12.2. The number of halogens is 1. The minimum absolute atomic E-state index is 0.0138. The summed E-state index contributed by atoms with van der Waals surface area (Å²) >= 11 is 6.08. The van der Waals surface area contributed by atoms with Crippen LogP contribution < -0.4 is 10.1 Å². The third kappa shape index (κ3) is 5.03. The van der Waals surface area contributed by atoms with Gasteiger partial charge < -0.3 is 19.9 Å². The van der Waals surface area contributed by atoms with Gasteiger partial charge in [0.05, 0.1) is 10.6 Å². The van der Waals surface area contributed by atoms with Crippen molar-refractivity contribution in [3.05, 3.63) is 22.7 Å². The summed E-state index contributed by atoms with van der Waals surface area (Å²) in [5.74, 6) is -1.28. The molecule has 0 aliphatic carbocycles. The van der Waals surface area contributed by atoms with Gasteiger partial charge in [-0.15, -0.1) is 0 Å². The molecule has 1 aromatic carbocycles. The highest BCUT2D eigenvalue weighted by Crippen LogP contribution is 2.34. The van der Waals surface area contributed by atoms with Gasteiger partial charge >= 0.3 is 5.97 Å². The predicted octanol–water partition coefficient (Wildman–Crippen LogP) is 2.90. The topological polar surface area (TPSA) is 84.9 Å². The lowest BCUT2D eigenvalue weighted by molar-refractivity contribution is -0.170. The zero-order valence-corrected chi connectivity index (χ0v) is 14.9. The molecule has 0 unspecified atom stereocenters. The highest BCUT2D eigenvalue weighted by Gasteiger charge is 2.35. The maximum absolute atomic E-state index is 12.2. The lowest BCUT2D eigenvalue weighted by Gasteiger charge is -2.29. The Bertz CT molecular complexity index is 620. The third-order valence-corrected chi connectivity index (χ3v) is 3.07. The normalized spacial score (nSPS) is 11.8. The lowest BCUT2D eigenvalue weighted by Crippen LogP contribution is -2.43. The number of phenolic OH excluding ortho intramolecular Hbond substituents is 1. The van der Waals surface area contributed by atoms with Gasteiger partial charge in [0.25, 0.3) is 5.91 Å². The number of nitrogens with one attached hydrogen (secondary N) is 1. The molecule has 0 atom stereocenters. The molecule has 0 bridgehead atoms. The van der Waals surface area contributed by atoms with Crippen LogP contribution in [0.3, 0.4) is 0 Å². The molecule has 0 heterocycles. The zero-order valence-electron chi connectivity index (χ0n) is 14.1. The molecule has 0 saturated heterocycles. The molecule has 128 valence electrons. The van der Waals surface area contributed by atoms with Crippen LogP contribution in [0.15, 0.2) is 12.1 Å². The number of ether oxygens (including phenoxy) is 2. The van der Waals surface area contributed by atoms with Crippen LogP contribution in [0.25, 0.3) is 0 Å². The smallest absolute Gasteiger partial charge is 0.350 e. The number of benzene rings is 1. The summed E-state index contributed by atoms with van der Waals surface area (Å²) in [5.41, 5.74) is -1.97. The zero-order chi connectivity index (χ0) is 18.0. The number of rotatable bonds is 4. The highest BCUT2D eigenvalue weighted by molar-refractivity contribution is 6.32. The van der Waals surface area contributed by atoms with Crippen molar-refractivity contribution in [2.75, 3.05) is 7.05 Å². The number of phenols is 1. The summed E-state index contributed by atoms with van der Waals surface area (Å²) < 4.78 is 10.9. The van der Waals surface area contributed by atoms with Gasteiger partial charge in [-0.1, -0.05) is 11.6 Å². The molecular formula is C16H22ClNO5. The van der Waals surface area contributed by atoms with Gasteiger partial charge in [0.15, 0.2) is 5.60 Å². The van der Waals surface area contributed by atoms with E-state index in [2.05, 4.69) is 5.32 Å². The van der Waals surface area contributed by atoms with E-state index in [1.165, 1.54) is 33.0 Å². The summed E-state index contributed by atoms with van der Waals surface area (Å²) in [4.78, 5) is 23.8. The van der Waals surface area contributed by atoms with E-state index in [0.717, 1.165) is 0 Å². The van der Waals surface area contributed by atoms with Gasteiger partial charge in [-0.3, -0.25) is 4.79 Å². The van der Waals surface area contributed by atoms with Gasteiger partial charge in [-0.05, 0) is 40.7 Å². The van der Waals surface area contributed by atoms with E-state index >= 15 is 0 Å². The minimum atomic E-state index is -1.32. The Kier molecular flexibility index (Phi) is 5.53. The fourth-order valence-electron chi connectivity index (χ4n) is 1.65. The van der Waals surface area contributed by atoms with Crippen LogP contribution in [0.5, 0.6) is 11.5 Å². The van der Waals surface area contributed by atoms with Crippen LogP contribution in [0.2, 0.25) is 5.02 Å². The van der Waals surface area contributed by atoms with E-state index in [1.807, 2.05) is 0 Å². The molecular weight excluding hydrogens is 322 g/mol. The SMILES string of the molecule is CNC(=O)c1cc(Cl)c(OC(C)(C)C(=O)OC(C)(C)C)cc1O. The van der Waals surface area contributed by atoms with Crippen molar-refractivity contribution in [3.8, 4) is 11.5 Å². The van der Waals surface area contributed by atoms with Crippen molar-refractivity contribution in [2.45, 2.75) is 45.8 Å². The lowest BCUT2D eigenvalue weighted by atomic mass is 10.1. The Labute approximate surface area is 140 Å². The Balaban J connectivity index is 3.07. The van der Waals surface area contributed by atoms with Gasteiger partial charge in [0.1, 0.15) is 17.1 Å². The van der Waals surface area contributed by atoms with E-state index in [4.69, 9.17) is 21.1 Å². The molecule has 6 nitrogen and oxygen atoms in total. The van der Waals surface area contributed by atoms with Gasteiger partial charge in [-0.25, -0.2) is 4.79 Å². The number of carbonyl (C=O) groups excluding carboxylic acids is 2. The van der Waals surface area contributed by atoms with Gasteiger partial charge in [-0.2, -0.15) is 0 Å². The fraction of sp³-hybridized carbons (Fsp3) is 0.500. The van der Waals surface area contributed by atoms with Crippen LogP contribution in [0.1, 0.15) is 45.0 Å². The Hall–Kier alpha value is -1.95. The first-order chi connectivity index (χ1) is 10.4. The van der Waals surface area contributed by atoms with Crippen molar-refractivity contribution < 1.29 is 24.2 Å². The average molecular weight is 344 g/mol. The monoisotopic (exact) mass is 343 g/mol. The van der Waals surface area contributed by atoms with Crippen LogP contribution in [0.4, 0.5) is 0 Å². The van der Waals surface area contributed by atoms with Crippen LogP contribution >= 0.6 is 11.6 Å². The van der Waals surface area contributed by atoms with E-state index in [9.17, 15) is 14.7 Å². The molecule has 0 aliphatic rings. The Morgan fingerprint density at radius 1 is 1.17 bits per heavy atom. The summed E-state index contributed by atoms with van der Waals surface area (Å²) in [5, 5.41) is 12.4. The molecule has 2 N–H and O–H groups in total. The number of amides is 1. The van der Waals surface area contributed by atoms with E-state index < -0.39 is 23.1 Å². The van der Waals surface area contributed by atoms with E-state index in [0.29, 0.717) is 0 Å². The summed E-state index contributed by atoms with van der Waals surface area (Å²) in [6.07, 6.45) is 0. The van der Waals surface area contributed by atoms with Crippen molar-refractivity contribution in [1.82, 2.24) is 5.32 Å². The number of esters is 1. The van der Waals surface area contributed by atoms with Crippen molar-refractivity contribution >= 4 is 23.5 Å². The Morgan fingerprint density at radius 2 is 1.74 bits per heavy atom. The van der Waals surface area contributed by atoms with E-state index in [-0.39, 0.29) is 22.1 Å². The van der Waals surface area contributed by atoms with Crippen molar-refractivity contribution in [3.63, 3.8) is 0 Å². The molecule has 0 aliphatic heterocycles. The fourth-order valence-corrected chi connectivity index (χ4v) is 1.86. The molecule has 1 aromatic rings. The van der Waals surface area contributed by atoms with Gasteiger partial charge in [0.2, 0.25) is 0 Å². The second-order valence-corrected chi connectivity index (χ2v) is 6.90. The molecule has 0 fully saturated rings. The van der Waals surface area contributed by atoms with Crippen molar-refractivity contribution in [1.29, 1.82) is 0 Å². The first-order valence-corrected chi connectivity index (χ1v) is 7.42. The number of aromatic hydroxyl groups is 1. The second kappa shape index (κ2) is 6.66. The van der Waals surface area contributed by atoms with Crippen LogP contribution in [-0.4, -0.2) is 35.2 Å². The molecule has 7 heteroatoms. The third-order valence-electron chi connectivity index (χ3n) is 2.78. The quantitative estimate of drug-likeness (QED) is 0.821. The number of carbonyl (C=O) groups is 2. The summed E-state index contributed by atoms with van der Waals surface area (Å²) in [6, 6.07) is 2.47. The summed E-state index contributed by atoms with van der Waals surface area (Å²) in [7, 11) is 1.44.